The predicted octanol–water partition coefficient (Wildman–Crippen LogP) is 3.65. The lowest BCUT2D eigenvalue weighted by Crippen LogP contribution is -2.59. The van der Waals surface area contributed by atoms with Crippen molar-refractivity contribution in [1.29, 1.82) is 0 Å². The van der Waals surface area contributed by atoms with E-state index in [0.29, 0.717) is 24.7 Å². The molecule has 0 spiro atoms. The van der Waals surface area contributed by atoms with Gasteiger partial charge in [-0.3, -0.25) is 0 Å². The summed E-state index contributed by atoms with van der Waals surface area (Å²) in [7, 11) is 0. The molecule has 9 atom stereocenters. The van der Waals surface area contributed by atoms with Gasteiger partial charge in [-0.25, -0.2) is 4.39 Å². The number of halogens is 1. The van der Waals surface area contributed by atoms with E-state index in [0.717, 1.165) is 29.7 Å². The van der Waals surface area contributed by atoms with Crippen LogP contribution in [0, 0.1) is 17.8 Å². The monoisotopic (exact) mass is 468 g/mol. The normalized spacial score (nSPS) is 40.8. The second kappa shape index (κ2) is 11.4. The molecule has 180 valence electrons. The van der Waals surface area contributed by atoms with Crippen molar-refractivity contribution in [1.82, 2.24) is 0 Å². The lowest BCUT2D eigenvalue weighted by molar-refractivity contribution is -0.220. The van der Waals surface area contributed by atoms with Crippen molar-refractivity contribution < 1.29 is 29.6 Å². The summed E-state index contributed by atoms with van der Waals surface area (Å²) in [5.41, 5.74) is 0.911. The molecule has 5 nitrogen and oxygen atoms in total. The van der Waals surface area contributed by atoms with E-state index in [1.54, 1.807) is 17.8 Å². The molecule has 1 fully saturated rings. The van der Waals surface area contributed by atoms with Crippen LogP contribution in [0.4, 0.5) is 4.39 Å². The number of allylic oxidation sites excluding steroid dienone is 6. The molecule has 0 aromatic carbocycles. The van der Waals surface area contributed by atoms with Crippen LogP contribution < -0.4 is 0 Å². The Labute approximate surface area is 194 Å². The molecule has 3 aliphatic rings. The Morgan fingerprint density at radius 3 is 2.59 bits per heavy atom. The highest BCUT2D eigenvalue weighted by Crippen LogP contribution is 2.43. The maximum absolute atomic E-state index is 13.4. The van der Waals surface area contributed by atoms with Gasteiger partial charge in [-0.2, -0.15) is 0 Å². The van der Waals surface area contributed by atoms with Gasteiger partial charge in [-0.1, -0.05) is 49.6 Å². The van der Waals surface area contributed by atoms with E-state index in [2.05, 4.69) is 25.7 Å². The summed E-state index contributed by atoms with van der Waals surface area (Å²) in [6.45, 7) is 8.05. The topological polar surface area (TPSA) is 90.2 Å². The van der Waals surface area contributed by atoms with Crippen LogP contribution in [0.25, 0.3) is 0 Å². The highest BCUT2D eigenvalue weighted by Gasteiger charge is 2.45. The van der Waals surface area contributed by atoms with Gasteiger partial charge in [0.25, 0.3) is 0 Å². The molecule has 1 aliphatic heterocycles. The Balaban J connectivity index is 1.64. The molecular formula is C25H37FO5S. The molecule has 0 aromatic heterocycles. The summed E-state index contributed by atoms with van der Waals surface area (Å²) < 4.78 is 19.2. The van der Waals surface area contributed by atoms with Crippen molar-refractivity contribution in [3.8, 4) is 0 Å². The van der Waals surface area contributed by atoms with E-state index < -0.39 is 43.3 Å². The lowest BCUT2D eigenvalue weighted by atomic mass is 9.75. The quantitative estimate of drug-likeness (QED) is 0.427. The first-order valence-electron chi connectivity index (χ1n) is 11.6. The molecule has 4 N–H and O–H groups in total. The average molecular weight is 469 g/mol. The fraction of sp³-hybridized carbons (Fsp3) is 0.680. The van der Waals surface area contributed by atoms with E-state index in [1.165, 1.54) is 4.91 Å². The molecule has 7 heteroatoms. The van der Waals surface area contributed by atoms with Crippen LogP contribution in [0.3, 0.4) is 0 Å². The molecular weight excluding hydrogens is 431 g/mol. The Morgan fingerprint density at radius 1 is 1.22 bits per heavy atom. The van der Waals surface area contributed by atoms with Crippen molar-refractivity contribution >= 4 is 11.8 Å². The fourth-order valence-electron chi connectivity index (χ4n) is 4.81. The molecule has 0 aromatic rings. The number of aliphatic hydroxyl groups is 4. The minimum atomic E-state index is -1.36. The fourth-order valence-corrected chi connectivity index (χ4v) is 5.91. The predicted molar refractivity (Wildman–Crippen MR) is 126 cm³/mol. The zero-order valence-corrected chi connectivity index (χ0v) is 19.8. The zero-order valence-electron chi connectivity index (χ0n) is 18.9. The minimum Gasteiger partial charge on any atom is -0.394 e. The number of aliphatic hydroxyl groups excluding tert-OH is 4. The number of ether oxygens (including phenoxy) is 1. The first-order valence-corrected chi connectivity index (χ1v) is 12.4. The first kappa shape index (κ1) is 25.7. The third-order valence-electron chi connectivity index (χ3n) is 7.08. The summed E-state index contributed by atoms with van der Waals surface area (Å²) in [5, 5.41) is 40.2. The second-order valence-electron chi connectivity index (χ2n) is 9.32. The van der Waals surface area contributed by atoms with Crippen LogP contribution in [0.1, 0.15) is 46.0 Å². The van der Waals surface area contributed by atoms with Crippen molar-refractivity contribution in [3.05, 3.63) is 46.3 Å². The SMILES string of the molecule is C=C(S/C(=C\C)C[C@H]1CC(C2O[C@H](CO)[C@@H](O)[C@H](O)[C@H]2O)=CC[C@H]1C)C1C=C[C@@H](F)CC1. The maximum Gasteiger partial charge on any atom is 0.118 e. The second-order valence-corrected chi connectivity index (χ2v) is 10.6. The molecule has 32 heavy (non-hydrogen) atoms. The van der Waals surface area contributed by atoms with Gasteiger partial charge in [0.05, 0.1) is 6.61 Å². The number of hydrogen-bond donors (Lipinski definition) is 4. The first-order chi connectivity index (χ1) is 15.2. The largest absolute Gasteiger partial charge is 0.394 e. The van der Waals surface area contributed by atoms with E-state index in [4.69, 9.17) is 4.74 Å². The van der Waals surface area contributed by atoms with Gasteiger partial charge in [0.2, 0.25) is 0 Å². The molecule has 0 bridgehead atoms. The van der Waals surface area contributed by atoms with E-state index in [1.807, 2.05) is 13.0 Å². The molecule has 0 amide bonds. The van der Waals surface area contributed by atoms with E-state index in [-0.39, 0.29) is 5.92 Å². The van der Waals surface area contributed by atoms with Crippen LogP contribution in [0.5, 0.6) is 0 Å². The number of alkyl halides is 1. The van der Waals surface area contributed by atoms with Gasteiger partial charge in [0.1, 0.15) is 36.7 Å². The number of hydrogen-bond acceptors (Lipinski definition) is 6. The lowest BCUT2D eigenvalue weighted by Gasteiger charge is -2.43. The van der Waals surface area contributed by atoms with Crippen LogP contribution in [0.15, 0.2) is 46.3 Å². The van der Waals surface area contributed by atoms with Crippen LogP contribution in [-0.4, -0.2) is 63.7 Å². The molecule has 3 rings (SSSR count). The van der Waals surface area contributed by atoms with Gasteiger partial charge in [-0.15, -0.1) is 0 Å². The van der Waals surface area contributed by atoms with Crippen molar-refractivity contribution in [2.75, 3.05) is 6.61 Å². The van der Waals surface area contributed by atoms with Crippen molar-refractivity contribution in [2.45, 2.75) is 82.6 Å². The summed E-state index contributed by atoms with van der Waals surface area (Å²) in [6.07, 6.45) is 5.05. The van der Waals surface area contributed by atoms with Crippen molar-refractivity contribution in [2.24, 2.45) is 17.8 Å². The highest BCUT2D eigenvalue weighted by molar-refractivity contribution is 8.06. The molecule has 2 aliphatic carbocycles. The Hall–Kier alpha value is -0.960. The van der Waals surface area contributed by atoms with Gasteiger partial charge >= 0.3 is 0 Å². The summed E-state index contributed by atoms with van der Waals surface area (Å²) in [6, 6.07) is 0. The van der Waals surface area contributed by atoms with Crippen molar-refractivity contribution in [3.63, 3.8) is 0 Å². The minimum absolute atomic E-state index is 0.190. The number of rotatable bonds is 7. The van der Waals surface area contributed by atoms with Crippen LogP contribution >= 0.6 is 11.8 Å². The standard InChI is InChI=1S/C25H37FO5S/c1-4-20(32-15(3)16-7-9-19(26)10-8-16)12-18-11-17(6-5-14(18)2)25-24(30)23(29)22(28)21(13-27)31-25/h4,6-7,9,14,16,18-19,21-25,27-30H,3,5,8,10-13H2,1-2H3/b20-4-/t14-,16?,18-,19-,21-,22-,23+,24-,25?/m1/s1. The zero-order chi connectivity index (χ0) is 23.4. The smallest absolute Gasteiger partial charge is 0.118 e. The van der Waals surface area contributed by atoms with Crippen LogP contribution in [-0.2, 0) is 4.74 Å². The third-order valence-corrected chi connectivity index (χ3v) is 8.31. The molecule has 0 radical (unpaired) electrons. The van der Waals surface area contributed by atoms with Gasteiger partial charge in [-0.05, 0) is 66.2 Å². The highest BCUT2D eigenvalue weighted by atomic mass is 32.2. The van der Waals surface area contributed by atoms with Gasteiger partial charge in [0, 0.05) is 5.92 Å². The molecule has 0 saturated carbocycles. The summed E-state index contributed by atoms with van der Waals surface area (Å²) in [5.74, 6) is 0.954. The van der Waals surface area contributed by atoms with E-state index >= 15 is 0 Å². The molecule has 1 heterocycles. The van der Waals surface area contributed by atoms with Gasteiger partial charge < -0.3 is 25.2 Å². The third kappa shape index (κ3) is 5.93. The Kier molecular flexibility index (Phi) is 9.18. The maximum atomic E-state index is 13.4. The van der Waals surface area contributed by atoms with E-state index in [9.17, 15) is 24.8 Å². The number of thioether (sulfide) groups is 1. The summed E-state index contributed by atoms with van der Waals surface area (Å²) in [4.78, 5) is 2.26. The summed E-state index contributed by atoms with van der Waals surface area (Å²) >= 11 is 1.68. The van der Waals surface area contributed by atoms with Gasteiger partial charge in [0.15, 0.2) is 0 Å². The molecule has 2 unspecified atom stereocenters. The Morgan fingerprint density at radius 2 is 1.97 bits per heavy atom. The van der Waals surface area contributed by atoms with Crippen LogP contribution in [0.2, 0.25) is 0 Å². The Bertz CT molecular complexity index is 749. The average Bonchev–Trinajstić information content (AvgIpc) is 2.79. The molecule has 1 saturated heterocycles.